The molecule has 4 fully saturated rings. The van der Waals surface area contributed by atoms with Crippen molar-refractivity contribution in [2.24, 2.45) is 11.8 Å². The molecule has 8 nitrogen and oxygen atoms in total. The molecule has 220 valence electrons. The lowest BCUT2D eigenvalue weighted by Crippen LogP contribution is -2.50. The normalized spacial score (nSPS) is 42.3. The van der Waals surface area contributed by atoms with Gasteiger partial charge in [0.2, 0.25) is 0 Å². The standard InChI is InChI=1S/C30H45IO8/c1-19-21(11-9-12-22-20(2)26-17-27(35-22)23(37-26)13-14-31)36-28(16-25(19)34-18-33-5)29-24(10-7-6-8-15-32)38-30(3,4)39-29/h7,9-10,12-15,19-29H,6,8,11,16-18H2,1-5H3/b10-7+,12-9+,14-13+/t19-,20-,21+,22-,23-,24-,25-,26+,27+,28+,29-/m0/s1. The number of unbranched alkanes of at least 4 members (excludes halogenated alkanes) is 1. The summed E-state index contributed by atoms with van der Waals surface area (Å²) in [5, 5.41) is 0. The number of ether oxygens (including phenoxy) is 7. The zero-order valence-electron chi connectivity index (χ0n) is 23.8. The Balaban J connectivity index is 1.44. The van der Waals surface area contributed by atoms with Crippen LogP contribution in [0.5, 0.6) is 0 Å². The van der Waals surface area contributed by atoms with Crippen LogP contribution in [0.3, 0.4) is 0 Å². The van der Waals surface area contributed by atoms with Crippen molar-refractivity contribution >= 4 is 28.9 Å². The molecule has 4 aliphatic rings. The molecule has 0 amide bonds. The molecule has 0 saturated carbocycles. The van der Waals surface area contributed by atoms with Crippen molar-refractivity contribution < 1.29 is 38.0 Å². The van der Waals surface area contributed by atoms with Crippen molar-refractivity contribution in [2.75, 3.05) is 13.9 Å². The molecule has 0 aromatic heterocycles. The van der Waals surface area contributed by atoms with Crippen molar-refractivity contribution in [2.45, 2.75) is 121 Å². The van der Waals surface area contributed by atoms with Crippen LogP contribution in [0.15, 0.2) is 34.5 Å². The highest BCUT2D eigenvalue weighted by Crippen LogP contribution is 2.40. The van der Waals surface area contributed by atoms with Gasteiger partial charge in [0, 0.05) is 38.2 Å². The van der Waals surface area contributed by atoms with Gasteiger partial charge in [-0.15, -0.1) is 0 Å². The third-order valence-electron chi connectivity index (χ3n) is 8.25. The summed E-state index contributed by atoms with van der Waals surface area (Å²) in [5.41, 5.74) is 0. The zero-order chi connectivity index (χ0) is 28.0. The van der Waals surface area contributed by atoms with Gasteiger partial charge in [-0.2, -0.15) is 0 Å². The summed E-state index contributed by atoms with van der Waals surface area (Å²) in [4.78, 5) is 10.7. The van der Waals surface area contributed by atoms with Gasteiger partial charge in [0.05, 0.1) is 36.6 Å². The number of fused-ring (bicyclic) bond motifs is 2. The first kappa shape index (κ1) is 31.3. The highest BCUT2D eigenvalue weighted by molar-refractivity contribution is 14.1. The number of carbonyl (C=O) groups is 1. The predicted molar refractivity (Wildman–Crippen MR) is 155 cm³/mol. The number of halogens is 1. The Morgan fingerprint density at radius 3 is 2.38 bits per heavy atom. The molecule has 0 aromatic rings. The minimum atomic E-state index is -0.727. The Hall–Kier alpha value is -0.660. The van der Waals surface area contributed by atoms with Crippen molar-refractivity contribution in [1.29, 1.82) is 0 Å². The molecule has 4 saturated heterocycles. The van der Waals surface area contributed by atoms with E-state index in [2.05, 4.69) is 54.7 Å². The van der Waals surface area contributed by atoms with Crippen LogP contribution in [0.2, 0.25) is 0 Å². The number of methoxy groups -OCH3 is 1. The summed E-state index contributed by atoms with van der Waals surface area (Å²) in [6, 6.07) is 0. The molecule has 4 aliphatic heterocycles. The van der Waals surface area contributed by atoms with Gasteiger partial charge in [-0.25, -0.2) is 0 Å². The zero-order valence-corrected chi connectivity index (χ0v) is 25.9. The first-order chi connectivity index (χ1) is 18.8. The van der Waals surface area contributed by atoms with E-state index in [0.717, 1.165) is 19.1 Å². The fraction of sp³-hybridized carbons (Fsp3) is 0.767. The molecule has 9 heteroatoms. The first-order valence-electron chi connectivity index (χ1n) is 14.2. The van der Waals surface area contributed by atoms with Gasteiger partial charge < -0.3 is 38.0 Å². The quantitative estimate of drug-likeness (QED) is 0.0921. The van der Waals surface area contributed by atoms with Crippen LogP contribution < -0.4 is 0 Å². The summed E-state index contributed by atoms with van der Waals surface area (Å²) in [5.74, 6) is -0.270. The average molecular weight is 661 g/mol. The Kier molecular flexibility index (Phi) is 11.6. The maximum Gasteiger partial charge on any atom is 0.164 e. The van der Waals surface area contributed by atoms with Crippen LogP contribution in [0, 0.1) is 11.8 Å². The number of carbonyl (C=O) groups excluding carboxylic acids is 1. The van der Waals surface area contributed by atoms with Crippen molar-refractivity contribution in [1.82, 2.24) is 0 Å². The number of aldehydes is 1. The van der Waals surface area contributed by atoms with Crippen LogP contribution in [0.25, 0.3) is 0 Å². The summed E-state index contributed by atoms with van der Waals surface area (Å²) < 4.78 is 45.3. The number of hydrogen-bond donors (Lipinski definition) is 0. The van der Waals surface area contributed by atoms with Crippen molar-refractivity contribution in [3.63, 3.8) is 0 Å². The van der Waals surface area contributed by atoms with Gasteiger partial charge in [0.25, 0.3) is 0 Å². The van der Waals surface area contributed by atoms with Crippen molar-refractivity contribution in [3.05, 3.63) is 34.5 Å². The van der Waals surface area contributed by atoms with Gasteiger partial charge in [-0.05, 0) is 36.8 Å². The van der Waals surface area contributed by atoms with E-state index in [1.807, 2.05) is 30.1 Å². The average Bonchev–Trinajstić information content (AvgIpc) is 3.41. The topological polar surface area (TPSA) is 81.7 Å². The van der Waals surface area contributed by atoms with E-state index >= 15 is 0 Å². The minimum absolute atomic E-state index is 0.0184. The van der Waals surface area contributed by atoms with Gasteiger partial charge in [-0.3, -0.25) is 0 Å². The molecule has 0 radical (unpaired) electrons. The van der Waals surface area contributed by atoms with Crippen LogP contribution >= 0.6 is 22.6 Å². The van der Waals surface area contributed by atoms with E-state index in [4.69, 9.17) is 33.2 Å². The molecule has 0 spiro atoms. The van der Waals surface area contributed by atoms with Gasteiger partial charge in [-0.1, -0.05) is 60.7 Å². The molecule has 4 rings (SSSR count). The molecule has 39 heavy (non-hydrogen) atoms. The van der Waals surface area contributed by atoms with E-state index in [1.165, 1.54) is 0 Å². The highest BCUT2D eigenvalue weighted by atomic mass is 127. The third kappa shape index (κ3) is 8.00. The number of rotatable bonds is 12. The molecule has 2 bridgehead atoms. The summed E-state index contributed by atoms with van der Waals surface area (Å²) in [6.45, 7) is 8.46. The fourth-order valence-corrected chi connectivity index (χ4v) is 6.53. The lowest BCUT2D eigenvalue weighted by Gasteiger charge is -2.42. The van der Waals surface area contributed by atoms with E-state index in [0.29, 0.717) is 25.2 Å². The summed E-state index contributed by atoms with van der Waals surface area (Å²) in [6.07, 6.45) is 14.4. The minimum Gasteiger partial charge on any atom is -0.371 e. The Bertz CT molecular complexity index is 875. The highest BCUT2D eigenvalue weighted by Gasteiger charge is 2.49. The predicted octanol–water partition coefficient (Wildman–Crippen LogP) is 5.28. The molecule has 0 N–H and O–H groups in total. The second kappa shape index (κ2) is 14.5. The number of hydrogen-bond acceptors (Lipinski definition) is 8. The van der Waals surface area contributed by atoms with E-state index in [1.54, 1.807) is 7.11 Å². The lowest BCUT2D eigenvalue weighted by atomic mass is 9.85. The summed E-state index contributed by atoms with van der Waals surface area (Å²) >= 11 is 2.23. The second-order valence-corrected chi connectivity index (χ2v) is 12.2. The van der Waals surface area contributed by atoms with Crippen LogP contribution in [-0.4, -0.2) is 80.9 Å². The molecule has 0 aromatic carbocycles. The monoisotopic (exact) mass is 660 g/mol. The smallest absolute Gasteiger partial charge is 0.164 e. The Morgan fingerprint density at radius 2 is 1.64 bits per heavy atom. The summed E-state index contributed by atoms with van der Waals surface area (Å²) in [7, 11) is 1.64. The molecule has 11 atom stereocenters. The Morgan fingerprint density at radius 1 is 0.872 bits per heavy atom. The van der Waals surface area contributed by atoms with Crippen molar-refractivity contribution in [3.8, 4) is 0 Å². The molecule has 4 heterocycles. The van der Waals surface area contributed by atoms with Gasteiger partial charge in [0.15, 0.2) is 5.79 Å². The van der Waals surface area contributed by atoms with E-state index in [-0.39, 0.29) is 67.6 Å². The van der Waals surface area contributed by atoms with Gasteiger partial charge >= 0.3 is 0 Å². The van der Waals surface area contributed by atoms with Crippen LogP contribution in [0.4, 0.5) is 0 Å². The fourth-order valence-electron chi connectivity index (χ4n) is 6.12. The van der Waals surface area contributed by atoms with Gasteiger partial charge in [0.1, 0.15) is 31.4 Å². The SMILES string of the molecule is COCO[C@H]1C[C@H]([C@H]2OC(C)(C)O[C@H]2/C=C/CCC=O)O[C@H](C/C=C/[C@@H]2O[C@@H]3C[C@@H](O[C@H]3/C=C/I)[C@H]2C)[C@@H]1C. The first-order valence-corrected chi connectivity index (χ1v) is 15.5. The van der Waals surface area contributed by atoms with Crippen LogP contribution in [-0.2, 0) is 38.0 Å². The lowest BCUT2D eigenvalue weighted by molar-refractivity contribution is -0.210. The molecule has 0 unspecified atom stereocenters. The van der Waals surface area contributed by atoms with E-state index < -0.39 is 5.79 Å². The maximum absolute atomic E-state index is 10.7. The molecular weight excluding hydrogens is 615 g/mol. The van der Waals surface area contributed by atoms with Crippen LogP contribution in [0.1, 0.15) is 59.8 Å². The maximum atomic E-state index is 10.7. The largest absolute Gasteiger partial charge is 0.371 e. The third-order valence-corrected chi connectivity index (χ3v) is 8.67. The van der Waals surface area contributed by atoms with E-state index in [9.17, 15) is 4.79 Å². The molecular formula is C30H45IO8. The number of allylic oxidation sites excluding steroid dienone is 1. The molecule has 0 aliphatic carbocycles. The second-order valence-electron chi connectivity index (χ2n) is 11.5. The Labute approximate surface area is 246 Å².